The summed E-state index contributed by atoms with van der Waals surface area (Å²) in [6.45, 7) is 2.70. The molecule has 1 aromatic rings. The molecular weight excluding hydrogens is 224 g/mol. The average molecular weight is 238 g/mol. The van der Waals surface area contributed by atoms with Gasteiger partial charge in [0.15, 0.2) is 5.69 Å². The maximum absolute atomic E-state index is 11.5. The van der Waals surface area contributed by atoms with Crippen molar-refractivity contribution in [2.24, 2.45) is 0 Å². The Labute approximate surface area is 98.2 Å². The van der Waals surface area contributed by atoms with Crippen LogP contribution < -0.4 is 0 Å². The van der Waals surface area contributed by atoms with Gasteiger partial charge in [-0.15, -0.1) is 0 Å². The van der Waals surface area contributed by atoms with E-state index in [1.807, 2.05) is 0 Å². The minimum atomic E-state index is -0.896. The Bertz CT molecular complexity index is 452. The summed E-state index contributed by atoms with van der Waals surface area (Å²) in [6.07, 6.45) is 2.92. The molecule has 0 aromatic carbocycles. The second-order valence-electron chi connectivity index (χ2n) is 3.93. The molecule has 0 saturated heterocycles. The van der Waals surface area contributed by atoms with Gasteiger partial charge in [0, 0.05) is 12.7 Å². The Kier molecular flexibility index (Phi) is 3.12. The average Bonchev–Trinajstić information content (AvgIpc) is 2.72. The molecule has 0 bridgehead atoms. The molecule has 92 valence electrons. The third-order valence-corrected chi connectivity index (χ3v) is 2.79. The zero-order valence-corrected chi connectivity index (χ0v) is 9.55. The Morgan fingerprint density at radius 1 is 1.65 bits per heavy atom. The minimum Gasteiger partial charge on any atom is -0.481 e. The van der Waals surface area contributed by atoms with Gasteiger partial charge in [-0.05, 0) is 19.8 Å². The Morgan fingerprint density at radius 2 is 2.41 bits per heavy atom. The summed E-state index contributed by atoms with van der Waals surface area (Å²) in [5.74, 6) is -1.57. The number of fused-ring (bicyclic) bond motifs is 1. The van der Waals surface area contributed by atoms with Crippen LogP contribution in [0.5, 0.6) is 0 Å². The van der Waals surface area contributed by atoms with Crippen LogP contribution in [0.1, 0.15) is 42.0 Å². The van der Waals surface area contributed by atoms with E-state index in [4.69, 9.17) is 9.84 Å². The molecule has 1 aromatic heterocycles. The van der Waals surface area contributed by atoms with E-state index in [-0.39, 0.29) is 12.3 Å². The first-order valence-corrected chi connectivity index (χ1v) is 5.60. The molecule has 0 radical (unpaired) electrons. The van der Waals surface area contributed by atoms with Crippen molar-refractivity contribution in [1.82, 2.24) is 9.55 Å². The van der Waals surface area contributed by atoms with E-state index >= 15 is 0 Å². The number of hydrogen-bond acceptors (Lipinski definition) is 4. The van der Waals surface area contributed by atoms with E-state index < -0.39 is 17.9 Å². The van der Waals surface area contributed by atoms with Crippen LogP contribution in [0.2, 0.25) is 0 Å². The smallest absolute Gasteiger partial charge is 0.358 e. The molecule has 0 aliphatic carbocycles. The van der Waals surface area contributed by atoms with Crippen molar-refractivity contribution in [1.29, 1.82) is 0 Å². The zero-order valence-electron chi connectivity index (χ0n) is 9.55. The van der Waals surface area contributed by atoms with Crippen molar-refractivity contribution in [3.63, 3.8) is 0 Å². The molecular formula is C11H14N2O4. The minimum absolute atomic E-state index is 0.190. The molecule has 6 heteroatoms. The molecule has 17 heavy (non-hydrogen) atoms. The largest absolute Gasteiger partial charge is 0.481 e. The number of aliphatic carboxylic acids is 1. The highest BCUT2D eigenvalue weighted by molar-refractivity contribution is 5.87. The van der Waals surface area contributed by atoms with Crippen LogP contribution in [0, 0.1) is 0 Å². The number of aryl methyl sites for hydroxylation is 1. The highest BCUT2D eigenvalue weighted by Crippen LogP contribution is 2.27. The predicted molar refractivity (Wildman–Crippen MR) is 57.8 cm³/mol. The molecule has 1 unspecified atom stereocenters. The molecule has 2 heterocycles. The number of carbonyl (C=O) groups excluding carboxylic acids is 1. The number of nitrogens with zero attached hydrogens (tertiary/aromatic N) is 2. The molecule has 2 rings (SSSR count). The zero-order chi connectivity index (χ0) is 12.4. The number of carboxylic acid groups (broad SMARTS) is 1. The first kappa shape index (κ1) is 11.6. The van der Waals surface area contributed by atoms with Crippen LogP contribution in [0.4, 0.5) is 0 Å². The third-order valence-electron chi connectivity index (χ3n) is 2.79. The van der Waals surface area contributed by atoms with E-state index in [0.29, 0.717) is 18.8 Å². The molecule has 1 aliphatic heterocycles. The Hall–Kier alpha value is -1.85. The highest BCUT2D eigenvalue weighted by Gasteiger charge is 2.30. The van der Waals surface area contributed by atoms with Gasteiger partial charge in [0.05, 0.1) is 6.61 Å². The fraction of sp³-hybridized carbons (Fsp3) is 0.545. The van der Waals surface area contributed by atoms with E-state index in [9.17, 15) is 9.59 Å². The van der Waals surface area contributed by atoms with Crippen molar-refractivity contribution >= 4 is 11.9 Å². The van der Waals surface area contributed by atoms with Crippen molar-refractivity contribution in [3.8, 4) is 0 Å². The van der Waals surface area contributed by atoms with E-state index in [2.05, 4.69) is 4.98 Å². The molecule has 0 amide bonds. The summed E-state index contributed by atoms with van der Waals surface area (Å²) >= 11 is 0. The summed E-state index contributed by atoms with van der Waals surface area (Å²) in [7, 11) is 0. The number of imidazole rings is 1. The van der Waals surface area contributed by atoms with Gasteiger partial charge in [0.2, 0.25) is 0 Å². The van der Waals surface area contributed by atoms with Crippen molar-refractivity contribution < 1.29 is 19.4 Å². The lowest BCUT2D eigenvalue weighted by atomic mass is 9.99. The molecule has 1 aliphatic rings. The quantitative estimate of drug-likeness (QED) is 0.795. The molecule has 0 saturated carbocycles. The second-order valence-corrected chi connectivity index (χ2v) is 3.93. The fourth-order valence-corrected chi connectivity index (χ4v) is 2.02. The van der Waals surface area contributed by atoms with Crippen LogP contribution in [0.15, 0.2) is 6.20 Å². The molecule has 0 spiro atoms. The predicted octanol–water partition coefficient (Wildman–Crippen LogP) is 1.02. The van der Waals surface area contributed by atoms with Gasteiger partial charge in [0.25, 0.3) is 0 Å². The lowest BCUT2D eigenvalue weighted by molar-refractivity contribution is -0.139. The number of carbonyl (C=O) groups is 2. The highest BCUT2D eigenvalue weighted by atomic mass is 16.5. The summed E-state index contributed by atoms with van der Waals surface area (Å²) in [6, 6.07) is 0. The van der Waals surface area contributed by atoms with Crippen LogP contribution in [-0.4, -0.2) is 33.2 Å². The topological polar surface area (TPSA) is 81.4 Å². The number of hydrogen-bond donors (Lipinski definition) is 1. The van der Waals surface area contributed by atoms with Gasteiger partial charge in [-0.3, -0.25) is 4.79 Å². The van der Waals surface area contributed by atoms with Gasteiger partial charge in [-0.2, -0.15) is 0 Å². The molecule has 6 nitrogen and oxygen atoms in total. The second kappa shape index (κ2) is 4.57. The summed E-state index contributed by atoms with van der Waals surface area (Å²) < 4.78 is 6.57. The Morgan fingerprint density at radius 3 is 3.06 bits per heavy atom. The van der Waals surface area contributed by atoms with Gasteiger partial charge >= 0.3 is 11.9 Å². The van der Waals surface area contributed by atoms with Crippen molar-refractivity contribution in [2.75, 3.05) is 6.61 Å². The number of esters is 1. The van der Waals surface area contributed by atoms with Crippen molar-refractivity contribution in [3.05, 3.63) is 17.7 Å². The summed E-state index contributed by atoms with van der Waals surface area (Å²) in [4.78, 5) is 26.6. The molecule has 1 N–H and O–H groups in total. The maximum atomic E-state index is 11.5. The standard InChI is InChI=1S/C11H14N2O4/c1-2-17-11(16)8-6-13-5-3-4-7(10(14)15)9(13)12-8/h6-7H,2-5H2,1H3,(H,14,15). The SMILES string of the molecule is CCOC(=O)c1cn2c(n1)C(C(=O)O)CCC2. The third kappa shape index (κ3) is 2.15. The number of aromatic nitrogens is 2. The van der Waals surface area contributed by atoms with Gasteiger partial charge in [0.1, 0.15) is 11.7 Å². The van der Waals surface area contributed by atoms with Gasteiger partial charge in [-0.25, -0.2) is 9.78 Å². The van der Waals surface area contributed by atoms with Gasteiger partial charge in [-0.1, -0.05) is 0 Å². The first-order valence-electron chi connectivity index (χ1n) is 5.60. The number of rotatable bonds is 3. The summed E-state index contributed by atoms with van der Waals surface area (Å²) in [5, 5.41) is 9.07. The summed E-state index contributed by atoms with van der Waals surface area (Å²) in [5.41, 5.74) is 0.190. The lowest BCUT2D eigenvalue weighted by Gasteiger charge is -2.19. The maximum Gasteiger partial charge on any atom is 0.358 e. The molecule has 1 atom stereocenters. The fourth-order valence-electron chi connectivity index (χ4n) is 2.02. The normalized spacial score (nSPS) is 18.5. The van der Waals surface area contributed by atoms with E-state index in [1.165, 1.54) is 0 Å². The van der Waals surface area contributed by atoms with E-state index in [0.717, 1.165) is 6.42 Å². The van der Waals surface area contributed by atoms with E-state index in [1.54, 1.807) is 17.7 Å². The lowest BCUT2D eigenvalue weighted by Crippen LogP contribution is -2.22. The van der Waals surface area contributed by atoms with Crippen LogP contribution in [0.25, 0.3) is 0 Å². The van der Waals surface area contributed by atoms with Crippen molar-refractivity contribution in [2.45, 2.75) is 32.2 Å². The van der Waals surface area contributed by atoms with Crippen LogP contribution in [-0.2, 0) is 16.1 Å². The van der Waals surface area contributed by atoms with Gasteiger partial charge < -0.3 is 14.4 Å². The number of carboxylic acids is 1. The first-order chi connectivity index (χ1) is 8.13. The Balaban J connectivity index is 2.30. The molecule has 0 fully saturated rings. The van der Waals surface area contributed by atoms with Crippen LogP contribution >= 0.6 is 0 Å². The monoisotopic (exact) mass is 238 g/mol. The van der Waals surface area contributed by atoms with Crippen LogP contribution in [0.3, 0.4) is 0 Å². The number of ether oxygens (including phenoxy) is 1.